The maximum Gasteiger partial charge on any atom is 0.221 e. The van der Waals surface area contributed by atoms with Crippen LogP contribution in [0.5, 0.6) is 0 Å². The first-order valence-electron chi connectivity index (χ1n) is 7.83. The topological polar surface area (TPSA) is 62.5 Å². The molecule has 7 nitrogen and oxygen atoms in total. The van der Waals surface area contributed by atoms with Gasteiger partial charge in [0.2, 0.25) is 5.65 Å². The molecule has 1 aromatic carbocycles. The van der Waals surface area contributed by atoms with Crippen LogP contribution in [0.4, 0.5) is 5.82 Å². The zero-order valence-electron chi connectivity index (χ0n) is 13.1. The van der Waals surface area contributed by atoms with E-state index >= 15 is 0 Å². The quantitative estimate of drug-likeness (QED) is 0.716. The minimum Gasteiger partial charge on any atom is -0.351 e. The molecule has 3 aromatic rings. The smallest absolute Gasteiger partial charge is 0.221 e. The van der Waals surface area contributed by atoms with E-state index in [0.717, 1.165) is 37.5 Å². The highest BCUT2D eigenvalue weighted by Gasteiger charge is 2.27. The fourth-order valence-electron chi connectivity index (χ4n) is 3.13. The van der Waals surface area contributed by atoms with E-state index in [-0.39, 0.29) is 0 Å². The molecule has 4 rings (SSSR count). The number of anilines is 1. The van der Waals surface area contributed by atoms with Crippen molar-refractivity contribution in [3.63, 3.8) is 0 Å². The van der Waals surface area contributed by atoms with Crippen LogP contribution >= 0.6 is 0 Å². The molecule has 0 radical (unpaired) electrons. The second-order valence-corrected chi connectivity index (χ2v) is 5.97. The Bertz CT molecular complexity index is 785. The molecule has 118 valence electrons. The Balaban J connectivity index is 1.58. The molecule has 1 aliphatic rings. The van der Waals surface area contributed by atoms with Crippen molar-refractivity contribution in [1.82, 2.24) is 29.9 Å². The summed E-state index contributed by atoms with van der Waals surface area (Å²) in [5.41, 5.74) is 2.08. The molecule has 0 bridgehead atoms. The molecule has 23 heavy (non-hydrogen) atoms. The normalized spacial score (nSPS) is 19.3. The fraction of sp³-hybridized carbons (Fsp3) is 0.375. The second kappa shape index (κ2) is 5.92. The monoisotopic (exact) mass is 309 g/mol. The minimum absolute atomic E-state index is 0.448. The van der Waals surface area contributed by atoms with Gasteiger partial charge in [0.15, 0.2) is 5.82 Å². The van der Waals surface area contributed by atoms with Crippen LogP contribution in [-0.2, 0) is 6.42 Å². The van der Waals surface area contributed by atoms with Gasteiger partial charge in [-0.25, -0.2) is 4.98 Å². The van der Waals surface area contributed by atoms with Gasteiger partial charge >= 0.3 is 0 Å². The predicted molar refractivity (Wildman–Crippen MR) is 87.4 cm³/mol. The summed E-state index contributed by atoms with van der Waals surface area (Å²) in [7, 11) is 2.19. The van der Waals surface area contributed by atoms with Crippen LogP contribution in [0.1, 0.15) is 5.56 Å². The Kier molecular flexibility index (Phi) is 3.63. The van der Waals surface area contributed by atoms with E-state index in [4.69, 9.17) is 0 Å². The third-order valence-corrected chi connectivity index (χ3v) is 4.49. The first kappa shape index (κ1) is 14.1. The molecule has 1 saturated heterocycles. The van der Waals surface area contributed by atoms with E-state index in [2.05, 4.69) is 67.7 Å². The van der Waals surface area contributed by atoms with Gasteiger partial charge in [0.25, 0.3) is 0 Å². The summed E-state index contributed by atoms with van der Waals surface area (Å²) in [5.74, 6) is 0.865. The average molecular weight is 309 g/mol. The summed E-state index contributed by atoms with van der Waals surface area (Å²) in [6, 6.07) is 11.1. The van der Waals surface area contributed by atoms with Crippen molar-refractivity contribution in [3.05, 3.63) is 48.3 Å². The number of nitrogens with zero attached hydrogens (tertiary/aromatic N) is 7. The van der Waals surface area contributed by atoms with Gasteiger partial charge in [-0.1, -0.05) is 30.3 Å². The maximum atomic E-state index is 4.51. The summed E-state index contributed by atoms with van der Waals surface area (Å²) >= 11 is 0. The molecular formula is C16H19N7. The van der Waals surface area contributed by atoms with E-state index in [9.17, 15) is 0 Å². The van der Waals surface area contributed by atoms with Crippen molar-refractivity contribution in [2.24, 2.45) is 0 Å². The first-order chi connectivity index (χ1) is 11.3. The summed E-state index contributed by atoms with van der Waals surface area (Å²) in [6.45, 7) is 2.86. The van der Waals surface area contributed by atoms with E-state index in [0.29, 0.717) is 6.04 Å². The maximum absolute atomic E-state index is 4.51. The predicted octanol–water partition coefficient (Wildman–Crippen LogP) is 0.882. The Labute approximate surface area is 134 Å². The zero-order valence-corrected chi connectivity index (χ0v) is 13.1. The SMILES string of the molecule is CN1CCN(c2nccn3nnnc23)C[C@@H]1Cc1ccccc1. The lowest BCUT2D eigenvalue weighted by Crippen LogP contribution is -2.52. The average Bonchev–Trinajstić information content (AvgIpc) is 3.06. The van der Waals surface area contributed by atoms with Gasteiger partial charge in [0, 0.05) is 31.9 Å². The summed E-state index contributed by atoms with van der Waals surface area (Å²) in [4.78, 5) is 9.23. The molecular weight excluding hydrogens is 290 g/mol. The van der Waals surface area contributed by atoms with Gasteiger partial charge in [-0.15, -0.1) is 5.10 Å². The van der Waals surface area contributed by atoms with E-state index < -0.39 is 0 Å². The lowest BCUT2D eigenvalue weighted by Gasteiger charge is -2.40. The van der Waals surface area contributed by atoms with Crippen LogP contribution in [0.3, 0.4) is 0 Å². The van der Waals surface area contributed by atoms with Gasteiger partial charge in [-0.3, -0.25) is 4.90 Å². The molecule has 1 atom stereocenters. The number of piperazine rings is 1. The fourth-order valence-corrected chi connectivity index (χ4v) is 3.13. The molecule has 7 heteroatoms. The highest BCUT2D eigenvalue weighted by Crippen LogP contribution is 2.21. The minimum atomic E-state index is 0.448. The van der Waals surface area contributed by atoms with Crippen molar-refractivity contribution in [1.29, 1.82) is 0 Å². The van der Waals surface area contributed by atoms with Crippen LogP contribution in [0.25, 0.3) is 5.65 Å². The molecule has 1 aliphatic heterocycles. The van der Waals surface area contributed by atoms with Crippen molar-refractivity contribution in [2.75, 3.05) is 31.6 Å². The second-order valence-electron chi connectivity index (χ2n) is 5.97. The number of hydrogen-bond donors (Lipinski definition) is 0. The molecule has 0 unspecified atom stereocenters. The summed E-state index contributed by atoms with van der Waals surface area (Å²) < 4.78 is 1.67. The number of fused-ring (bicyclic) bond motifs is 1. The van der Waals surface area contributed by atoms with Crippen LogP contribution < -0.4 is 4.90 Å². The lowest BCUT2D eigenvalue weighted by atomic mass is 10.0. The molecule has 0 saturated carbocycles. The van der Waals surface area contributed by atoms with Crippen LogP contribution in [-0.4, -0.2) is 62.6 Å². The lowest BCUT2D eigenvalue weighted by molar-refractivity contribution is 0.217. The number of tetrazole rings is 1. The van der Waals surface area contributed by atoms with Gasteiger partial charge < -0.3 is 4.90 Å². The van der Waals surface area contributed by atoms with E-state index in [1.165, 1.54) is 5.56 Å². The highest BCUT2D eigenvalue weighted by molar-refractivity contribution is 5.62. The number of aromatic nitrogens is 5. The molecule has 0 N–H and O–H groups in total. The Hall–Kier alpha value is -2.54. The highest BCUT2D eigenvalue weighted by atomic mass is 15.5. The first-order valence-corrected chi connectivity index (χ1v) is 7.83. The van der Waals surface area contributed by atoms with Crippen molar-refractivity contribution in [3.8, 4) is 0 Å². The van der Waals surface area contributed by atoms with E-state index in [1.54, 1.807) is 16.9 Å². The standard InChI is InChI=1S/C16H19N7/c1-21-9-10-22(12-14(21)11-13-5-3-2-4-6-13)15-16-18-19-20-23(16)8-7-17-15/h2-8,14H,9-12H2,1H3/t14-/m0/s1. The summed E-state index contributed by atoms with van der Waals surface area (Å²) in [6.07, 6.45) is 4.56. The third kappa shape index (κ3) is 2.75. The van der Waals surface area contributed by atoms with Crippen LogP contribution in [0.2, 0.25) is 0 Å². The molecule has 0 aliphatic carbocycles. The van der Waals surface area contributed by atoms with Crippen molar-refractivity contribution >= 4 is 11.5 Å². The Morgan fingerprint density at radius 3 is 2.91 bits per heavy atom. The van der Waals surface area contributed by atoms with Crippen LogP contribution in [0.15, 0.2) is 42.7 Å². The van der Waals surface area contributed by atoms with Crippen LogP contribution in [0, 0.1) is 0 Å². The number of benzene rings is 1. The van der Waals surface area contributed by atoms with Gasteiger partial charge in [0.1, 0.15) is 0 Å². The largest absolute Gasteiger partial charge is 0.351 e. The van der Waals surface area contributed by atoms with E-state index in [1.807, 2.05) is 0 Å². The van der Waals surface area contributed by atoms with Gasteiger partial charge in [0.05, 0.1) is 6.20 Å². The number of hydrogen-bond acceptors (Lipinski definition) is 6. The van der Waals surface area contributed by atoms with Gasteiger partial charge in [-0.2, -0.15) is 4.52 Å². The molecule has 0 amide bonds. The van der Waals surface area contributed by atoms with Crippen molar-refractivity contribution < 1.29 is 0 Å². The molecule has 1 fully saturated rings. The number of rotatable bonds is 3. The molecule has 3 heterocycles. The zero-order chi connectivity index (χ0) is 15.6. The Morgan fingerprint density at radius 2 is 2.04 bits per heavy atom. The number of likely N-dealkylation sites (N-methyl/N-ethyl adjacent to an activating group) is 1. The Morgan fingerprint density at radius 1 is 1.17 bits per heavy atom. The van der Waals surface area contributed by atoms with Crippen molar-refractivity contribution in [2.45, 2.75) is 12.5 Å². The molecule has 2 aromatic heterocycles. The summed E-state index contributed by atoms with van der Waals surface area (Å²) in [5, 5.41) is 11.8. The third-order valence-electron chi connectivity index (χ3n) is 4.49. The van der Waals surface area contributed by atoms with Gasteiger partial charge in [-0.05, 0) is 29.5 Å². The molecule has 0 spiro atoms.